The summed E-state index contributed by atoms with van der Waals surface area (Å²) in [5.74, 6) is 0.0482. The Morgan fingerprint density at radius 2 is 1.40 bits per heavy atom. The van der Waals surface area contributed by atoms with Crippen LogP contribution in [0.4, 0.5) is 17.1 Å². The van der Waals surface area contributed by atoms with E-state index in [9.17, 15) is 14.4 Å². The molecule has 35 heavy (non-hydrogen) atoms. The molecule has 0 unspecified atom stereocenters. The van der Waals surface area contributed by atoms with Crippen LogP contribution in [0, 0.1) is 0 Å². The van der Waals surface area contributed by atoms with Gasteiger partial charge in [0, 0.05) is 28.9 Å². The van der Waals surface area contributed by atoms with E-state index in [1.165, 1.54) is 27.2 Å². The van der Waals surface area contributed by atoms with Crippen molar-refractivity contribution in [1.29, 1.82) is 0 Å². The van der Waals surface area contributed by atoms with E-state index < -0.39 is 5.91 Å². The van der Waals surface area contributed by atoms with Crippen molar-refractivity contribution in [3.63, 3.8) is 0 Å². The van der Waals surface area contributed by atoms with Crippen LogP contribution in [-0.4, -0.2) is 38.5 Å². The van der Waals surface area contributed by atoms with Gasteiger partial charge in [0.05, 0.1) is 19.9 Å². The quantitative estimate of drug-likeness (QED) is 0.398. The number of carbonyl (C=O) groups excluding carboxylic acids is 3. The van der Waals surface area contributed by atoms with Gasteiger partial charge in [-0.1, -0.05) is 11.6 Å². The Kier molecular flexibility index (Phi) is 8.53. The molecular formula is C25H24ClN3O6. The molecule has 10 heteroatoms. The van der Waals surface area contributed by atoms with Gasteiger partial charge in [0.25, 0.3) is 11.8 Å². The first kappa shape index (κ1) is 25.4. The molecule has 0 bridgehead atoms. The molecule has 3 aromatic rings. The van der Waals surface area contributed by atoms with Crippen molar-refractivity contribution >= 4 is 46.4 Å². The van der Waals surface area contributed by atoms with E-state index >= 15 is 0 Å². The van der Waals surface area contributed by atoms with Crippen molar-refractivity contribution in [2.75, 3.05) is 36.8 Å². The summed E-state index contributed by atoms with van der Waals surface area (Å²) in [6, 6.07) is 16.2. The van der Waals surface area contributed by atoms with E-state index in [0.29, 0.717) is 33.4 Å². The van der Waals surface area contributed by atoms with Crippen LogP contribution < -0.4 is 30.2 Å². The minimum Gasteiger partial charge on any atom is -0.495 e. The second-order valence-corrected chi connectivity index (χ2v) is 7.70. The van der Waals surface area contributed by atoms with Crippen LogP contribution in [0.3, 0.4) is 0 Å². The fraction of sp³-hybridized carbons (Fsp3) is 0.160. The lowest BCUT2D eigenvalue weighted by Gasteiger charge is -2.14. The van der Waals surface area contributed by atoms with Crippen molar-refractivity contribution in [3.8, 4) is 17.2 Å². The van der Waals surface area contributed by atoms with Gasteiger partial charge in [-0.05, 0) is 60.7 Å². The highest BCUT2D eigenvalue weighted by atomic mass is 35.5. The van der Waals surface area contributed by atoms with Crippen molar-refractivity contribution in [3.05, 3.63) is 71.2 Å². The largest absolute Gasteiger partial charge is 0.495 e. The molecule has 0 saturated carbocycles. The minimum absolute atomic E-state index is 0.183. The molecule has 0 spiro atoms. The number of hydrogen-bond donors (Lipinski definition) is 3. The average molecular weight is 498 g/mol. The average Bonchev–Trinajstić information content (AvgIpc) is 2.83. The Balaban J connectivity index is 1.62. The van der Waals surface area contributed by atoms with Crippen molar-refractivity contribution in [2.45, 2.75) is 6.92 Å². The molecule has 0 saturated heterocycles. The normalized spacial score (nSPS) is 10.2. The molecule has 182 valence electrons. The second-order valence-electron chi connectivity index (χ2n) is 7.26. The highest BCUT2D eigenvalue weighted by Crippen LogP contribution is 2.30. The van der Waals surface area contributed by atoms with Gasteiger partial charge >= 0.3 is 0 Å². The summed E-state index contributed by atoms with van der Waals surface area (Å²) in [7, 11) is 2.92. The van der Waals surface area contributed by atoms with Gasteiger partial charge in [-0.3, -0.25) is 14.4 Å². The van der Waals surface area contributed by atoms with Gasteiger partial charge in [0.2, 0.25) is 5.91 Å². The Labute approximate surface area is 207 Å². The SMILES string of the molecule is COc1ccc(Cl)cc1NC(=O)COc1ccc(C(=O)Nc2ccc(NC(C)=O)cc2)cc1OC. The summed E-state index contributed by atoms with van der Waals surface area (Å²) < 4.78 is 16.1. The fourth-order valence-corrected chi connectivity index (χ4v) is 3.25. The molecule has 0 fully saturated rings. The molecule has 3 rings (SSSR count). The lowest BCUT2D eigenvalue weighted by atomic mass is 10.1. The monoisotopic (exact) mass is 497 g/mol. The number of hydrogen-bond acceptors (Lipinski definition) is 6. The van der Waals surface area contributed by atoms with Crippen LogP contribution in [-0.2, 0) is 9.59 Å². The molecule has 3 amide bonds. The molecule has 0 heterocycles. The minimum atomic E-state index is -0.433. The highest BCUT2D eigenvalue weighted by Gasteiger charge is 2.14. The van der Waals surface area contributed by atoms with E-state index in [2.05, 4.69) is 16.0 Å². The number of amides is 3. The van der Waals surface area contributed by atoms with E-state index in [1.807, 2.05) is 0 Å². The maximum atomic E-state index is 12.6. The van der Waals surface area contributed by atoms with Gasteiger partial charge in [-0.25, -0.2) is 0 Å². The fourth-order valence-electron chi connectivity index (χ4n) is 3.08. The summed E-state index contributed by atoms with van der Waals surface area (Å²) in [6.45, 7) is 1.11. The number of carbonyl (C=O) groups is 3. The number of anilines is 3. The Morgan fingerprint density at radius 1 is 0.771 bits per heavy atom. The number of rotatable bonds is 9. The van der Waals surface area contributed by atoms with Crippen LogP contribution in [0.2, 0.25) is 5.02 Å². The number of benzene rings is 3. The van der Waals surface area contributed by atoms with Crippen molar-refractivity contribution < 1.29 is 28.6 Å². The van der Waals surface area contributed by atoms with Gasteiger partial charge in [0.1, 0.15) is 5.75 Å². The van der Waals surface area contributed by atoms with Crippen molar-refractivity contribution in [1.82, 2.24) is 0 Å². The number of methoxy groups -OCH3 is 2. The maximum Gasteiger partial charge on any atom is 0.262 e. The first-order valence-electron chi connectivity index (χ1n) is 10.4. The maximum absolute atomic E-state index is 12.6. The number of nitrogens with one attached hydrogen (secondary N) is 3. The van der Waals surface area contributed by atoms with Crippen LogP contribution in [0.5, 0.6) is 17.2 Å². The van der Waals surface area contributed by atoms with Gasteiger partial charge in [0.15, 0.2) is 18.1 Å². The van der Waals surface area contributed by atoms with Crippen LogP contribution in [0.1, 0.15) is 17.3 Å². The number of halogens is 1. The zero-order valence-electron chi connectivity index (χ0n) is 19.3. The Hall–Kier alpha value is -4.24. The molecule has 3 aromatic carbocycles. The van der Waals surface area contributed by atoms with Crippen LogP contribution in [0.15, 0.2) is 60.7 Å². The van der Waals surface area contributed by atoms with E-state index in [0.717, 1.165) is 0 Å². The molecule has 0 atom stereocenters. The summed E-state index contributed by atoms with van der Waals surface area (Å²) in [5.41, 5.74) is 1.92. The zero-order valence-corrected chi connectivity index (χ0v) is 20.1. The molecule has 0 aliphatic carbocycles. The predicted molar refractivity (Wildman–Crippen MR) is 134 cm³/mol. The third-order valence-corrected chi connectivity index (χ3v) is 4.92. The third-order valence-electron chi connectivity index (χ3n) is 4.68. The van der Waals surface area contributed by atoms with Gasteiger partial charge < -0.3 is 30.2 Å². The highest BCUT2D eigenvalue weighted by molar-refractivity contribution is 6.31. The first-order valence-corrected chi connectivity index (χ1v) is 10.8. The summed E-state index contributed by atoms with van der Waals surface area (Å²) in [5, 5.41) is 8.55. The third kappa shape index (κ3) is 7.12. The van der Waals surface area contributed by atoms with Crippen molar-refractivity contribution in [2.24, 2.45) is 0 Å². The predicted octanol–water partition coefficient (Wildman–Crippen LogP) is 4.59. The number of ether oxygens (including phenoxy) is 3. The lowest BCUT2D eigenvalue weighted by Crippen LogP contribution is -2.21. The van der Waals surface area contributed by atoms with Crippen LogP contribution in [0.25, 0.3) is 0 Å². The molecule has 0 aromatic heterocycles. The molecular weight excluding hydrogens is 474 g/mol. The van der Waals surface area contributed by atoms with E-state index in [4.69, 9.17) is 25.8 Å². The van der Waals surface area contributed by atoms with Gasteiger partial charge in [-0.15, -0.1) is 0 Å². The summed E-state index contributed by atoms with van der Waals surface area (Å²) in [6.07, 6.45) is 0. The molecule has 0 aliphatic rings. The van der Waals surface area contributed by atoms with E-state index in [-0.39, 0.29) is 29.9 Å². The lowest BCUT2D eigenvalue weighted by molar-refractivity contribution is -0.118. The first-order chi connectivity index (χ1) is 16.8. The molecule has 0 radical (unpaired) electrons. The summed E-state index contributed by atoms with van der Waals surface area (Å²) in [4.78, 5) is 36.1. The Morgan fingerprint density at radius 3 is 2.03 bits per heavy atom. The molecule has 0 aliphatic heterocycles. The smallest absolute Gasteiger partial charge is 0.262 e. The van der Waals surface area contributed by atoms with Crippen LogP contribution >= 0.6 is 11.6 Å². The molecule has 9 nitrogen and oxygen atoms in total. The zero-order chi connectivity index (χ0) is 25.4. The summed E-state index contributed by atoms with van der Waals surface area (Å²) >= 11 is 5.98. The van der Waals surface area contributed by atoms with E-state index in [1.54, 1.807) is 54.6 Å². The molecule has 3 N–H and O–H groups in total. The topological polar surface area (TPSA) is 115 Å². The van der Waals surface area contributed by atoms with Gasteiger partial charge in [-0.2, -0.15) is 0 Å². The standard InChI is InChI=1S/C25H24ClN3O6/c1-15(30)27-18-6-8-19(9-7-18)28-25(32)16-4-10-22(23(12-16)34-3)35-14-24(31)29-20-13-17(26)5-11-21(20)33-2/h4-13H,14H2,1-3H3,(H,27,30)(H,28,32)(H,29,31). The second kappa shape index (κ2) is 11.8. The Bertz CT molecular complexity index is 1230.